The van der Waals surface area contributed by atoms with Crippen LogP contribution in [0.5, 0.6) is 0 Å². The lowest BCUT2D eigenvalue weighted by Gasteiger charge is -2.27. The molecule has 112 valence electrons. The molecule has 0 fully saturated rings. The first-order valence-electron chi connectivity index (χ1n) is 7.27. The van der Waals surface area contributed by atoms with E-state index in [0.29, 0.717) is 13.0 Å². The molecule has 4 heteroatoms. The predicted octanol–water partition coefficient (Wildman–Crippen LogP) is 2.09. The van der Waals surface area contributed by atoms with Crippen LogP contribution >= 0.6 is 0 Å². The Morgan fingerprint density at radius 2 is 1.75 bits per heavy atom. The molecule has 0 spiro atoms. The summed E-state index contributed by atoms with van der Waals surface area (Å²) in [6, 6.07) is 7.42. The van der Waals surface area contributed by atoms with E-state index < -0.39 is 6.04 Å². The van der Waals surface area contributed by atoms with Crippen molar-refractivity contribution in [2.24, 2.45) is 11.5 Å². The van der Waals surface area contributed by atoms with E-state index in [1.807, 2.05) is 24.3 Å². The average molecular weight is 278 g/mol. The van der Waals surface area contributed by atoms with Gasteiger partial charge in [-0.25, -0.2) is 0 Å². The number of esters is 1. The number of hydrogen-bond donors (Lipinski definition) is 2. The number of nitrogens with two attached hydrogens (primary N) is 2. The second-order valence-electron chi connectivity index (χ2n) is 5.12. The molecule has 4 N–H and O–H groups in total. The normalized spacial score (nSPS) is 13.1. The highest BCUT2D eigenvalue weighted by atomic mass is 16.5. The van der Waals surface area contributed by atoms with E-state index in [0.717, 1.165) is 24.0 Å². The van der Waals surface area contributed by atoms with Gasteiger partial charge in [0, 0.05) is 5.54 Å². The third kappa shape index (κ3) is 4.05. The molecule has 1 unspecified atom stereocenters. The van der Waals surface area contributed by atoms with Gasteiger partial charge in [-0.2, -0.15) is 0 Å². The molecule has 1 rings (SSSR count). The van der Waals surface area contributed by atoms with Gasteiger partial charge in [0.2, 0.25) is 0 Å². The maximum atomic E-state index is 11.5. The summed E-state index contributed by atoms with van der Waals surface area (Å²) < 4.78 is 4.90. The smallest absolute Gasteiger partial charge is 0.323 e. The highest BCUT2D eigenvalue weighted by Crippen LogP contribution is 2.25. The molecule has 0 radical (unpaired) electrons. The number of carbonyl (C=O) groups excluding carboxylic acids is 1. The largest absolute Gasteiger partial charge is 0.465 e. The predicted molar refractivity (Wildman–Crippen MR) is 81.2 cm³/mol. The standard InChI is InChI=1S/C16H26N2O2/c1-4-16(18,5-2)13-9-7-12(8-10-13)11-14(17)15(19)20-6-3/h7-10,14H,4-6,11,17-18H2,1-3H3. The molecule has 1 aromatic rings. The van der Waals surface area contributed by atoms with Gasteiger partial charge >= 0.3 is 5.97 Å². The van der Waals surface area contributed by atoms with Crippen molar-refractivity contribution in [3.63, 3.8) is 0 Å². The zero-order valence-corrected chi connectivity index (χ0v) is 12.7. The van der Waals surface area contributed by atoms with Crippen LogP contribution in [-0.2, 0) is 21.5 Å². The van der Waals surface area contributed by atoms with Crippen molar-refractivity contribution in [3.05, 3.63) is 35.4 Å². The maximum absolute atomic E-state index is 11.5. The maximum Gasteiger partial charge on any atom is 0.323 e. The Hall–Kier alpha value is -1.39. The van der Waals surface area contributed by atoms with Crippen LogP contribution in [-0.4, -0.2) is 18.6 Å². The Morgan fingerprint density at radius 1 is 1.20 bits per heavy atom. The van der Waals surface area contributed by atoms with Gasteiger partial charge in [0.15, 0.2) is 0 Å². The molecular formula is C16H26N2O2. The Kier molecular flexibility index (Phi) is 6.17. The zero-order chi connectivity index (χ0) is 15.2. The summed E-state index contributed by atoms with van der Waals surface area (Å²) in [4.78, 5) is 11.5. The number of carbonyl (C=O) groups is 1. The van der Waals surface area contributed by atoms with Crippen LogP contribution in [0, 0.1) is 0 Å². The van der Waals surface area contributed by atoms with E-state index in [1.165, 1.54) is 0 Å². The molecule has 0 saturated heterocycles. The lowest BCUT2D eigenvalue weighted by Crippen LogP contribution is -2.35. The zero-order valence-electron chi connectivity index (χ0n) is 12.7. The Bertz CT molecular complexity index is 425. The number of ether oxygens (including phenoxy) is 1. The summed E-state index contributed by atoms with van der Waals surface area (Å²) in [5.41, 5.74) is 14.0. The highest BCUT2D eigenvalue weighted by Gasteiger charge is 2.22. The lowest BCUT2D eigenvalue weighted by atomic mass is 9.85. The first-order chi connectivity index (χ1) is 9.46. The van der Waals surface area contributed by atoms with Crippen LogP contribution in [0.1, 0.15) is 44.7 Å². The summed E-state index contributed by atoms with van der Waals surface area (Å²) in [5, 5.41) is 0. The van der Waals surface area contributed by atoms with Crippen LogP contribution < -0.4 is 11.5 Å². The molecule has 0 saturated carbocycles. The van der Waals surface area contributed by atoms with Gasteiger partial charge in [-0.3, -0.25) is 4.79 Å². The van der Waals surface area contributed by atoms with Gasteiger partial charge in [-0.15, -0.1) is 0 Å². The summed E-state index contributed by atoms with van der Waals surface area (Å²) >= 11 is 0. The van der Waals surface area contributed by atoms with Crippen molar-refractivity contribution < 1.29 is 9.53 Å². The molecule has 1 aromatic carbocycles. The van der Waals surface area contributed by atoms with Crippen molar-refractivity contribution in [2.45, 2.75) is 51.6 Å². The van der Waals surface area contributed by atoms with Gasteiger partial charge < -0.3 is 16.2 Å². The van der Waals surface area contributed by atoms with E-state index >= 15 is 0 Å². The van der Waals surface area contributed by atoms with Gasteiger partial charge in [-0.05, 0) is 37.3 Å². The topological polar surface area (TPSA) is 78.3 Å². The van der Waals surface area contributed by atoms with Crippen LogP contribution in [0.25, 0.3) is 0 Å². The first kappa shape index (κ1) is 16.7. The van der Waals surface area contributed by atoms with Gasteiger partial charge in [-0.1, -0.05) is 38.1 Å². The fraction of sp³-hybridized carbons (Fsp3) is 0.562. The average Bonchev–Trinajstić information content (AvgIpc) is 2.47. The van der Waals surface area contributed by atoms with Crippen molar-refractivity contribution in [2.75, 3.05) is 6.61 Å². The molecule has 0 aliphatic carbocycles. The van der Waals surface area contributed by atoms with Crippen LogP contribution in [0.15, 0.2) is 24.3 Å². The monoisotopic (exact) mass is 278 g/mol. The lowest BCUT2D eigenvalue weighted by molar-refractivity contribution is -0.144. The highest BCUT2D eigenvalue weighted by molar-refractivity contribution is 5.75. The molecule has 0 heterocycles. The van der Waals surface area contributed by atoms with E-state index in [2.05, 4.69) is 13.8 Å². The molecule has 0 aliphatic rings. The van der Waals surface area contributed by atoms with Gasteiger partial charge in [0.25, 0.3) is 0 Å². The Morgan fingerprint density at radius 3 is 2.20 bits per heavy atom. The number of rotatable bonds is 7. The Labute approximate surface area is 121 Å². The van der Waals surface area contributed by atoms with Gasteiger partial charge in [0.05, 0.1) is 6.61 Å². The van der Waals surface area contributed by atoms with Crippen molar-refractivity contribution in [3.8, 4) is 0 Å². The van der Waals surface area contributed by atoms with E-state index in [1.54, 1.807) is 6.92 Å². The summed E-state index contributed by atoms with van der Waals surface area (Å²) in [6.45, 7) is 6.31. The Balaban J connectivity index is 2.74. The minimum atomic E-state index is -0.610. The molecule has 20 heavy (non-hydrogen) atoms. The minimum absolute atomic E-state index is 0.276. The molecule has 1 atom stereocenters. The second kappa shape index (κ2) is 7.41. The van der Waals surface area contributed by atoms with Crippen molar-refractivity contribution in [1.29, 1.82) is 0 Å². The molecule has 0 amide bonds. The quantitative estimate of drug-likeness (QED) is 0.749. The molecule has 4 nitrogen and oxygen atoms in total. The van der Waals surface area contributed by atoms with E-state index in [4.69, 9.17) is 16.2 Å². The molecular weight excluding hydrogens is 252 g/mol. The minimum Gasteiger partial charge on any atom is -0.465 e. The van der Waals surface area contributed by atoms with Crippen molar-refractivity contribution >= 4 is 5.97 Å². The number of hydrogen-bond acceptors (Lipinski definition) is 4. The molecule has 0 aromatic heterocycles. The summed E-state index contributed by atoms with van der Waals surface area (Å²) in [7, 11) is 0. The van der Waals surface area contributed by atoms with E-state index in [-0.39, 0.29) is 11.5 Å². The van der Waals surface area contributed by atoms with Crippen LogP contribution in [0.3, 0.4) is 0 Å². The van der Waals surface area contributed by atoms with Crippen molar-refractivity contribution in [1.82, 2.24) is 0 Å². The summed E-state index contributed by atoms with van der Waals surface area (Å²) in [6.07, 6.45) is 2.27. The van der Waals surface area contributed by atoms with Crippen LogP contribution in [0.4, 0.5) is 0 Å². The fourth-order valence-corrected chi connectivity index (χ4v) is 2.22. The first-order valence-corrected chi connectivity index (χ1v) is 7.27. The number of benzene rings is 1. The fourth-order valence-electron chi connectivity index (χ4n) is 2.22. The SMILES string of the molecule is CCOC(=O)C(N)Cc1ccc(C(N)(CC)CC)cc1. The molecule has 0 aliphatic heterocycles. The third-order valence-corrected chi connectivity index (χ3v) is 3.84. The third-order valence-electron chi connectivity index (χ3n) is 3.84. The van der Waals surface area contributed by atoms with E-state index in [9.17, 15) is 4.79 Å². The van der Waals surface area contributed by atoms with Gasteiger partial charge in [0.1, 0.15) is 6.04 Å². The summed E-state index contributed by atoms with van der Waals surface area (Å²) in [5.74, 6) is -0.355. The molecule has 0 bridgehead atoms. The second-order valence-corrected chi connectivity index (χ2v) is 5.12. The van der Waals surface area contributed by atoms with Crippen LogP contribution in [0.2, 0.25) is 0 Å².